The molecule has 7 heteroatoms. The van der Waals surface area contributed by atoms with Crippen LogP contribution in [0.4, 0.5) is 4.39 Å². The molecule has 0 radical (unpaired) electrons. The summed E-state index contributed by atoms with van der Waals surface area (Å²) in [5.74, 6) is 1.66. The highest BCUT2D eigenvalue weighted by molar-refractivity contribution is 7.13. The summed E-state index contributed by atoms with van der Waals surface area (Å²) in [6.45, 7) is 4.00. The van der Waals surface area contributed by atoms with Crippen LogP contribution in [0.2, 0.25) is 0 Å². The van der Waals surface area contributed by atoms with Crippen molar-refractivity contribution in [3.8, 4) is 10.6 Å². The van der Waals surface area contributed by atoms with Crippen molar-refractivity contribution in [2.24, 2.45) is 0 Å². The predicted octanol–water partition coefficient (Wildman–Crippen LogP) is 4.03. The lowest BCUT2D eigenvalue weighted by Crippen LogP contribution is -2.06. The van der Waals surface area contributed by atoms with Gasteiger partial charge >= 0.3 is 0 Å². The number of hydrogen-bond acceptors (Lipinski definition) is 4. The fraction of sp³-hybridized carbons (Fsp3) is 0.316. The first-order valence-corrected chi connectivity index (χ1v) is 9.51. The molecule has 4 heterocycles. The first-order valence-electron chi connectivity index (χ1n) is 8.63. The number of thiophene rings is 1. The quantitative estimate of drug-likeness (QED) is 0.516. The number of nitrogens with zero attached hydrogens (tertiary/aromatic N) is 5. The van der Waals surface area contributed by atoms with Gasteiger partial charge in [-0.05, 0) is 43.0 Å². The van der Waals surface area contributed by atoms with E-state index in [0.29, 0.717) is 19.4 Å². The lowest BCUT2D eigenvalue weighted by Gasteiger charge is -2.03. The minimum Gasteiger partial charge on any atom is -0.332 e. The summed E-state index contributed by atoms with van der Waals surface area (Å²) >= 11 is 1.64. The molecule has 134 valence electrons. The number of rotatable bonds is 6. The van der Waals surface area contributed by atoms with Gasteiger partial charge in [0.1, 0.15) is 12.5 Å². The van der Waals surface area contributed by atoms with E-state index in [0.717, 1.165) is 33.6 Å². The van der Waals surface area contributed by atoms with Crippen LogP contribution < -0.4 is 0 Å². The summed E-state index contributed by atoms with van der Waals surface area (Å²) in [6.07, 6.45) is 3.29. The summed E-state index contributed by atoms with van der Waals surface area (Å²) in [5, 5.41) is 6.62. The largest absolute Gasteiger partial charge is 0.332 e. The zero-order valence-corrected chi connectivity index (χ0v) is 15.6. The Morgan fingerprint density at radius 1 is 1.15 bits per heavy atom. The average molecular weight is 369 g/mol. The third-order valence-corrected chi connectivity index (χ3v) is 5.23. The number of halogens is 1. The van der Waals surface area contributed by atoms with Crippen LogP contribution >= 0.6 is 11.3 Å². The standard InChI is InChI=1S/C19H20FN5S/c1-13-10-14(2)25-19(11-13)22-17(23-25)5-6-18-21-15(12-24(18)8-7-20)16-4-3-9-26-16/h3-4,9-12H,5-8H2,1-2H3. The number of pyridine rings is 1. The summed E-state index contributed by atoms with van der Waals surface area (Å²) in [7, 11) is 0. The highest BCUT2D eigenvalue weighted by atomic mass is 32.1. The predicted molar refractivity (Wildman–Crippen MR) is 101 cm³/mol. The van der Waals surface area contributed by atoms with Crippen LogP contribution in [0.15, 0.2) is 35.8 Å². The molecule has 0 saturated carbocycles. The highest BCUT2D eigenvalue weighted by Gasteiger charge is 2.13. The zero-order valence-electron chi connectivity index (χ0n) is 14.8. The van der Waals surface area contributed by atoms with Gasteiger partial charge in [0.25, 0.3) is 0 Å². The number of fused-ring (bicyclic) bond motifs is 1. The van der Waals surface area contributed by atoms with E-state index < -0.39 is 6.67 Å². The van der Waals surface area contributed by atoms with Crippen molar-refractivity contribution in [2.45, 2.75) is 33.2 Å². The lowest BCUT2D eigenvalue weighted by molar-refractivity contribution is 0.439. The zero-order chi connectivity index (χ0) is 18.1. The molecule has 0 bridgehead atoms. The van der Waals surface area contributed by atoms with Gasteiger partial charge in [0, 0.05) is 24.7 Å². The minimum atomic E-state index is -0.404. The highest BCUT2D eigenvalue weighted by Crippen LogP contribution is 2.24. The van der Waals surface area contributed by atoms with Crippen molar-refractivity contribution in [1.29, 1.82) is 0 Å². The third kappa shape index (κ3) is 3.26. The van der Waals surface area contributed by atoms with Crippen LogP contribution in [0.1, 0.15) is 22.9 Å². The van der Waals surface area contributed by atoms with Crippen LogP contribution in [0.25, 0.3) is 16.2 Å². The van der Waals surface area contributed by atoms with E-state index in [-0.39, 0.29) is 0 Å². The van der Waals surface area contributed by atoms with E-state index in [2.05, 4.69) is 23.1 Å². The van der Waals surface area contributed by atoms with Gasteiger partial charge in [0.2, 0.25) is 0 Å². The number of aromatic nitrogens is 5. The van der Waals surface area contributed by atoms with Gasteiger partial charge in [0.05, 0.1) is 17.1 Å². The summed E-state index contributed by atoms with van der Waals surface area (Å²) in [4.78, 5) is 10.4. The fourth-order valence-electron chi connectivity index (χ4n) is 3.17. The molecule has 5 nitrogen and oxygen atoms in total. The molecule has 0 fully saturated rings. The first kappa shape index (κ1) is 16.9. The minimum absolute atomic E-state index is 0.324. The Labute approximate surface area is 155 Å². The smallest absolute Gasteiger partial charge is 0.156 e. The Kier molecular flexibility index (Phi) is 4.55. The molecule has 0 aromatic carbocycles. The molecule has 0 aliphatic rings. The van der Waals surface area contributed by atoms with Gasteiger partial charge in [-0.15, -0.1) is 11.3 Å². The van der Waals surface area contributed by atoms with Gasteiger partial charge in [-0.2, -0.15) is 5.10 Å². The van der Waals surface area contributed by atoms with E-state index >= 15 is 0 Å². The second-order valence-electron chi connectivity index (χ2n) is 6.37. The Hall–Kier alpha value is -2.54. The Morgan fingerprint density at radius 3 is 2.81 bits per heavy atom. The van der Waals surface area contributed by atoms with Crippen molar-refractivity contribution < 1.29 is 4.39 Å². The molecule has 0 atom stereocenters. The summed E-state index contributed by atoms with van der Waals surface area (Å²) < 4.78 is 16.7. The number of aryl methyl sites for hydroxylation is 5. The molecular formula is C19H20FN5S. The Balaban J connectivity index is 1.58. The van der Waals surface area contributed by atoms with Crippen molar-refractivity contribution in [2.75, 3.05) is 6.67 Å². The second kappa shape index (κ2) is 6.99. The Bertz CT molecular complexity index is 1030. The molecular weight excluding hydrogens is 349 g/mol. The summed E-state index contributed by atoms with van der Waals surface area (Å²) in [5.41, 5.74) is 4.01. The molecule has 0 spiro atoms. The van der Waals surface area contributed by atoms with Gasteiger partial charge in [0.15, 0.2) is 11.5 Å². The maximum Gasteiger partial charge on any atom is 0.156 e. The SMILES string of the molecule is Cc1cc(C)n2nc(CCc3nc(-c4cccs4)cn3CCF)nc2c1. The van der Waals surface area contributed by atoms with E-state index in [1.165, 1.54) is 5.56 Å². The molecule has 0 unspecified atom stereocenters. The average Bonchev–Trinajstić information content (AvgIpc) is 3.32. The molecule has 0 aliphatic heterocycles. The number of alkyl halides is 1. The fourth-order valence-corrected chi connectivity index (χ4v) is 3.85. The van der Waals surface area contributed by atoms with Crippen molar-refractivity contribution in [3.63, 3.8) is 0 Å². The Morgan fingerprint density at radius 2 is 2.04 bits per heavy atom. The van der Waals surface area contributed by atoms with Crippen LogP contribution in [0.5, 0.6) is 0 Å². The molecule has 0 aliphatic carbocycles. The first-order chi connectivity index (χ1) is 12.6. The topological polar surface area (TPSA) is 48.0 Å². The molecule has 4 aromatic rings. The van der Waals surface area contributed by atoms with Crippen molar-refractivity contribution >= 4 is 17.0 Å². The molecule has 4 aromatic heterocycles. The van der Waals surface area contributed by atoms with E-state index in [1.54, 1.807) is 11.3 Å². The molecule has 4 rings (SSSR count). The maximum atomic E-state index is 12.9. The molecule has 0 saturated heterocycles. The van der Waals surface area contributed by atoms with Crippen molar-refractivity contribution in [3.05, 3.63) is 58.7 Å². The maximum absolute atomic E-state index is 12.9. The van der Waals surface area contributed by atoms with E-state index in [1.807, 2.05) is 45.8 Å². The monoisotopic (exact) mass is 369 g/mol. The summed E-state index contributed by atoms with van der Waals surface area (Å²) in [6, 6.07) is 8.15. The van der Waals surface area contributed by atoms with Crippen LogP contribution in [-0.2, 0) is 19.4 Å². The lowest BCUT2D eigenvalue weighted by atomic mass is 10.2. The second-order valence-corrected chi connectivity index (χ2v) is 7.32. The van der Waals surface area contributed by atoms with Gasteiger partial charge < -0.3 is 4.57 Å². The third-order valence-electron chi connectivity index (χ3n) is 4.33. The van der Waals surface area contributed by atoms with Crippen molar-refractivity contribution in [1.82, 2.24) is 24.1 Å². The molecule has 0 N–H and O–H groups in total. The van der Waals surface area contributed by atoms with Crippen LogP contribution in [0, 0.1) is 13.8 Å². The van der Waals surface area contributed by atoms with Crippen LogP contribution in [0.3, 0.4) is 0 Å². The number of hydrogen-bond donors (Lipinski definition) is 0. The van der Waals surface area contributed by atoms with Gasteiger partial charge in [-0.25, -0.2) is 18.9 Å². The molecule has 26 heavy (non-hydrogen) atoms. The van der Waals surface area contributed by atoms with E-state index in [4.69, 9.17) is 4.98 Å². The normalized spacial score (nSPS) is 11.5. The van der Waals surface area contributed by atoms with Gasteiger partial charge in [-0.3, -0.25) is 0 Å². The van der Waals surface area contributed by atoms with E-state index in [9.17, 15) is 4.39 Å². The number of imidazole rings is 1. The molecule has 0 amide bonds. The van der Waals surface area contributed by atoms with Crippen LogP contribution in [-0.4, -0.2) is 30.8 Å². The van der Waals surface area contributed by atoms with Gasteiger partial charge in [-0.1, -0.05) is 6.07 Å².